The normalized spacial score (nSPS) is 59.0. The van der Waals surface area contributed by atoms with Crippen LogP contribution >= 0.6 is 0 Å². The van der Waals surface area contributed by atoms with Crippen LogP contribution in [0, 0.1) is 71.0 Å². The number of fused-ring (bicyclic) bond motifs is 20. The van der Waals surface area contributed by atoms with Crippen LogP contribution in [0.4, 0.5) is 0 Å². The second-order valence-corrected chi connectivity index (χ2v) is 25.6. The van der Waals surface area contributed by atoms with Crippen LogP contribution in [0.5, 0.6) is 0 Å². The zero-order valence-electron chi connectivity index (χ0n) is 36.9. The second-order valence-electron chi connectivity index (χ2n) is 25.6. The molecule has 6 aliphatic heterocycles. The van der Waals surface area contributed by atoms with E-state index in [-0.39, 0.29) is 0 Å². The van der Waals surface area contributed by atoms with Crippen molar-refractivity contribution in [2.45, 2.75) is 265 Å². The maximum absolute atomic E-state index is 3.55. The molecule has 0 spiro atoms. The number of hydrogen-bond donors (Lipinski definition) is 0. The smallest absolute Gasteiger partial charge is 0.0168 e. The summed E-state index contributed by atoms with van der Waals surface area (Å²) in [5.41, 5.74) is 0. The maximum Gasteiger partial charge on any atom is 0.0168 e. The van der Waals surface area contributed by atoms with E-state index < -0.39 is 0 Å². The Morgan fingerprint density at radius 3 is 0.948 bits per heavy atom. The summed E-state index contributed by atoms with van der Waals surface area (Å²) in [4.78, 5) is 14.0. The molecular formula is C54H84N4. The number of nitrogens with zero attached hydrogens (tertiary/aromatic N) is 4. The molecule has 15 rings (SSSR count). The molecule has 6 saturated heterocycles. The van der Waals surface area contributed by atoms with Crippen LogP contribution in [-0.4, -0.2) is 92.1 Å². The number of likely N-dealkylation sites (tertiary alicyclic amines) is 2. The molecule has 4 nitrogen and oxygen atoms in total. The van der Waals surface area contributed by atoms with Gasteiger partial charge in [-0.05, 0) is 174 Å². The van der Waals surface area contributed by atoms with Gasteiger partial charge in [0, 0.05) is 72.5 Å². The van der Waals surface area contributed by atoms with Gasteiger partial charge in [-0.1, -0.05) is 89.9 Å². The minimum atomic E-state index is 0.942. The molecular weight excluding hydrogens is 705 g/mol. The first-order chi connectivity index (χ1) is 28.8. The van der Waals surface area contributed by atoms with Gasteiger partial charge in [0.15, 0.2) is 0 Å². The van der Waals surface area contributed by atoms with Crippen molar-refractivity contribution >= 4 is 0 Å². The fourth-order valence-corrected chi connectivity index (χ4v) is 23.6. The highest BCUT2D eigenvalue weighted by Crippen LogP contribution is 2.72. The van der Waals surface area contributed by atoms with E-state index in [2.05, 4.69) is 19.6 Å². The highest BCUT2D eigenvalue weighted by molar-refractivity contribution is 5.28. The molecule has 9 saturated carbocycles. The van der Waals surface area contributed by atoms with Gasteiger partial charge in [-0.25, -0.2) is 0 Å². The topological polar surface area (TPSA) is 13.0 Å². The van der Waals surface area contributed by atoms with Crippen molar-refractivity contribution in [2.24, 2.45) is 71.0 Å². The van der Waals surface area contributed by atoms with Crippen molar-refractivity contribution in [2.75, 3.05) is 0 Å². The van der Waals surface area contributed by atoms with Crippen LogP contribution in [0.3, 0.4) is 0 Å². The lowest BCUT2D eigenvalue weighted by Crippen LogP contribution is -2.55. The third kappa shape index (κ3) is 4.76. The molecule has 0 radical (unpaired) electrons. The summed E-state index contributed by atoms with van der Waals surface area (Å²) in [6.07, 6.45) is 47.0. The van der Waals surface area contributed by atoms with Gasteiger partial charge in [0.05, 0.1) is 0 Å². The van der Waals surface area contributed by atoms with Crippen molar-refractivity contribution in [3.05, 3.63) is 0 Å². The first-order valence-corrected chi connectivity index (χ1v) is 27.9. The van der Waals surface area contributed by atoms with Crippen LogP contribution < -0.4 is 0 Å². The quantitative estimate of drug-likeness (QED) is 0.276. The van der Waals surface area contributed by atoms with E-state index in [1.54, 1.807) is 141 Å². The Morgan fingerprint density at radius 2 is 0.534 bits per heavy atom. The Hall–Kier alpha value is -0.160. The summed E-state index contributed by atoms with van der Waals surface area (Å²) >= 11 is 0. The third-order valence-electron chi connectivity index (χ3n) is 24.4. The predicted octanol–water partition coefficient (Wildman–Crippen LogP) is 10.9. The lowest BCUT2D eigenvalue weighted by atomic mass is 9.54. The molecule has 22 unspecified atom stereocenters. The maximum atomic E-state index is 3.55. The molecule has 0 N–H and O–H groups in total. The van der Waals surface area contributed by atoms with Gasteiger partial charge < -0.3 is 0 Å². The van der Waals surface area contributed by atoms with Crippen molar-refractivity contribution in [3.63, 3.8) is 0 Å². The summed E-state index contributed by atoms with van der Waals surface area (Å²) in [5, 5.41) is 0. The lowest BCUT2D eigenvalue weighted by molar-refractivity contribution is -0.00694. The van der Waals surface area contributed by atoms with Crippen LogP contribution in [0.15, 0.2) is 0 Å². The van der Waals surface area contributed by atoms with Gasteiger partial charge in [-0.15, -0.1) is 0 Å². The average molecular weight is 789 g/mol. The van der Waals surface area contributed by atoms with Gasteiger partial charge in [-0.2, -0.15) is 0 Å². The van der Waals surface area contributed by atoms with Crippen molar-refractivity contribution < 1.29 is 0 Å². The van der Waals surface area contributed by atoms with Crippen molar-refractivity contribution in [1.82, 2.24) is 19.6 Å². The van der Waals surface area contributed by atoms with Crippen LogP contribution in [-0.2, 0) is 0 Å². The molecule has 15 aliphatic rings. The minimum Gasteiger partial charge on any atom is -0.294 e. The van der Waals surface area contributed by atoms with E-state index in [4.69, 9.17) is 0 Å². The average Bonchev–Trinajstić information content (AvgIpc) is 4.11. The zero-order valence-corrected chi connectivity index (χ0v) is 36.9. The van der Waals surface area contributed by atoms with E-state index in [1.807, 2.05) is 0 Å². The van der Waals surface area contributed by atoms with Crippen LogP contribution in [0.25, 0.3) is 0 Å². The van der Waals surface area contributed by atoms with Gasteiger partial charge in [0.1, 0.15) is 0 Å². The summed E-state index contributed by atoms with van der Waals surface area (Å²) in [5.74, 6) is 12.5. The molecule has 0 aromatic carbocycles. The van der Waals surface area contributed by atoms with Crippen LogP contribution in [0.2, 0.25) is 0 Å². The fraction of sp³-hybridized carbons (Fsp3) is 1.00. The molecule has 0 amide bonds. The summed E-state index contributed by atoms with van der Waals surface area (Å²) in [6.45, 7) is 0. The van der Waals surface area contributed by atoms with E-state index in [0.29, 0.717) is 0 Å². The molecule has 9 aliphatic carbocycles. The summed E-state index contributed by atoms with van der Waals surface area (Å²) in [7, 11) is 0. The molecule has 6 heterocycles. The zero-order chi connectivity index (χ0) is 37.4. The van der Waals surface area contributed by atoms with Gasteiger partial charge in [0.25, 0.3) is 0 Å². The molecule has 4 heteroatoms. The fourth-order valence-electron chi connectivity index (χ4n) is 23.6. The monoisotopic (exact) mass is 789 g/mol. The molecule has 0 aromatic rings. The van der Waals surface area contributed by atoms with E-state index in [9.17, 15) is 0 Å². The molecule has 15 fully saturated rings. The second kappa shape index (κ2) is 13.7. The Morgan fingerprint density at radius 1 is 0.207 bits per heavy atom. The highest BCUT2D eigenvalue weighted by atomic mass is 15.4. The predicted molar refractivity (Wildman–Crippen MR) is 233 cm³/mol. The first kappa shape index (κ1) is 36.2. The van der Waals surface area contributed by atoms with Crippen molar-refractivity contribution in [1.29, 1.82) is 0 Å². The third-order valence-corrected chi connectivity index (χ3v) is 24.4. The Labute approximate surface area is 354 Å². The van der Waals surface area contributed by atoms with E-state index in [0.717, 1.165) is 144 Å². The van der Waals surface area contributed by atoms with Gasteiger partial charge in [0.2, 0.25) is 0 Å². The lowest BCUT2D eigenvalue weighted by Gasteiger charge is -2.52. The highest BCUT2D eigenvalue weighted by Gasteiger charge is 2.75. The summed E-state index contributed by atoms with van der Waals surface area (Å²) in [6, 6.07) is 11.5. The molecule has 58 heavy (non-hydrogen) atoms. The Balaban J connectivity index is 0.839. The van der Waals surface area contributed by atoms with Crippen molar-refractivity contribution in [3.8, 4) is 0 Å². The van der Waals surface area contributed by atoms with E-state index >= 15 is 0 Å². The summed E-state index contributed by atoms with van der Waals surface area (Å²) < 4.78 is 0. The largest absolute Gasteiger partial charge is 0.294 e. The van der Waals surface area contributed by atoms with Crippen LogP contribution in [0.1, 0.15) is 193 Å². The SMILES string of the molecule is C1CCC(N2C3CCCCC3C3C4C5CC6C(CC5N5C7CCCCC7C(CC32)C45)C2C3C4CCCCC4N(C4CCCCC4)C3CC3C4CCCCC4N6C32)CC1. The Kier molecular flexibility index (Phi) is 8.54. The van der Waals surface area contributed by atoms with Gasteiger partial charge in [-0.3, -0.25) is 19.6 Å². The molecule has 22 atom stereocenters. The standard InChI is InChI=1S/C54H84N4/c1-3-15-31(16-4-1)55-43-25-13-9-21-35(43)49-47(55)27-37-33-19-7-11-23-41(33)57-45-30-40-46(29-39(45)51(49)53(37)57)58-42-24-12-8-20-34(42)38-28-48-50(52(40)54(38)58)36-22-10-14-26-44(36)56(48)32-17-5-2-6-18-32/h31-54H,1-30H2. The minimum absolute atomic E-state index is 0.942. The molecule has 0 bridgehead atoms. The molecule has 320 valence electrons. The van der Waals surface area contributed by atoms with Gasteiger partial charge >= 0.3 is 0 Å². The first-order valence-electron chi connectivity index (χ1n) is 27.9. The number of hydrogen-bond acceptors (Lipinski definition) is 4. The van der Waals surface area contributed by atoms with E-state index in [1.165, 1.54) is 51.4 Å². The molecule has 0 aromatic heterocycles. The number of rotatable bonds is 2. The Bertz CT molecular complexity index is 1450.